The van der Waals surface area contributed by atoms with Crippen molar-refractivity contribution in [2.45, 2.75) is 90.5 Å². The minimum absolute atomic E-state index is 0.139. The molecule has 0 atom stereocenters. The second-order valence-corrected chi connectivity index (χ2v) is 10.7. The first-order chi connectivity index (χ1) is 17.5. The van der Waals surface area contributed by atoms with Crippen molar-refractivity contribution in [2.24, 2.45) is 0 Å². The highest BCUT2D eigenvalue weighted by atomic mass is 16.5. The highest BCUT2D eigenvalue weighted by Crippen LogP contribution is 2.16. The van der Waals surface area contributed by atoms with E-state index in [-0.39, 0.29) is 5.97 Å². The van der Waals surface area contributed by atoms with Gasteiger partial charge >= 0.3 is 5.97 Å². The van der Waals surface area contributed by atoms with Crippen molar-refractivity contribution in [2.75, 3.05) is 33.9 Å². The molecule has 0 radical (unpaired) electrons. The van der Waals surface area contributed by atoms with E-state index >= 15 is 0 Å². The summed E-state index contributed by atoms with van der Waals surface area (Å²) in [5.74, 6) is 0.780. The maximum atomic E-state index is 12.2. The quantitative estimate of drug-likeness (QED) is 0.107. The van der Waals surface area contributed by atoms with Crippen molar-refractivity contribution < 1.29 is 18.8 Å². The number of aryl methyl sites for hydroxylation is 1. The van der Waals surface area contributed by atoms with Gasteiger partial charge in [0.2, 0.25) is 0 Å². The summed E-state index contributed by atoms with van der Waals surface area (Å²) in [6.07, 6.45) is 15.1. The zero-order chi connectivity index (χ0) is 25.9. The van der Waals surface area contributed by atoms with E-state index in [0.717, 1.165) is 31.6 Å². The van der Waals surface area contributed by atoms with Crippen molar-refractivity contribution >= 4 is 5.97 Å². The number of hydrogen-bond donors (Lipinski definition) is 0. The van der Waals surface area contributed by atoms with Crippen LogP contribution in [0.5, 0.6) is 5.75 Å². The lowest BCUT2D eigenvalue weighted by atomic mass is 10.0. The predicted molar refractivity (Wildman–Crippen MR) is 150 cm³/mol. The molecule has 2 aromatic rings. The molecule has 0 fully saturated rings. The van der Waals surface area contributed by atoms with Crippen LogP contribution >= 0.6 is 0 Å². The Kier molecular flexibility index (Phi) is 14.9. The number of rotatable bonds is 20. The Bertz CT molecular complexity index is 817. The lowest BCUT2D eigenvalue weighted by Gasteiger charge is -2.28. The molecule has 0 saturated heterocycles. The van der Waals surface area contributed by atoms with Gasteiger partial charge < -0.3 is 14.0 Å². The lowest BCUT2D eigenvalue weighted by Crippen LogP contribution is -2.43. The summed E-state index contributed by atoms with van der Waals surface area (Å²) >= 11 is 0. The fourth-order valence-electron chi connectivity index (χ4n) is 4.50. The van der Waals surface area contributed by atoms with Crippen LogP contribution in [0.3, 0.4) is 0 Å². The molecule has 0 N–H and O–H groups in total. The Labute approximate surface area is 220 Å². The second kappa shape index (κ2) is 18.0. The average molecular weight is 497 g/mol. The Morgan fingerprint density at radius 3 is 1.97 bits per heavy atom. The number of carbonyl (C=O) groups excluding carboxylic acids is 1. The summed E-state index contributed by atoms with van der Waals surface area (Å²) in [6.45, 7) is 4.55. The normalized spacial score (nSPS) is 11.4. The van der Waals surface area contributed by atoms with Crippen molar-refractivity contribution in [3.8, 4) is 5.75 Å². The fraction of sp³-hybridized carbons (Fsp3) is 0.594. The zero-order valence-corrected chi connectivity index (χ0v) is 23.2. The maximum Gasteiger partial charge on any atom is 0.361 e. The van der Waals surface area contributed by atoms with Crippen LogP contribution in [0, 0.1) is 0 Å². The Balaban J connectivity index is 1.48. The second-order valence-electron chi connectivity index (χ2n) is 10.7. The third-order valence-corrected chi connectivity index (χ3v) is 6.57. The predicted octanol–water partition coefficient (Wildman–Crippen LogP) is 7.74. The number of ether oxygens (including phenoxy) is 2. The van der Waals surface area contributed by atoms with Gasteiger partial charge in [0.05, 0.1) is 27.3 Å². The van der Waals surface area contributed by atoms with Gasteiger partial charge in [0, 0.05) is 5.56 Å². The number of nitrogens with zero attached hydrogens (tertiary/aromatic N) is 1. The molecule has 0 amide bonds. The SMILES string of the molecule is CCCCCCCCCCCc1ccc(OCCCCOC(=O)C[N+](C)(C)Cc2ccccc2)cc1. The van der Waals surface area contributed by atoms with Crippen LogP contribution in [-0.4, -0.2) is 44.3 Å². The monoisotopic (exact) mass is 496 g/mol. The summed E-state index contributed by atoms with van der Waals surface area (Å²) in [5, 5.41) is 0. The molecule has 0 aliphatic rings. The van der Waals surface area contributed by atoms with E-state index in [1.807, 2.05) is 18.2 Å². The lowest BCUT2D eigenvalue weighted by molar-refractivity contribution is -0.896. The van der Waals surface area contributed by atoms with Crippen molar-refractivity contribution in [3.05, 3.63) is 65.7 Å². The molecule has 2 aromatic carbocycles. The summed E-state index contributed by atoms with van der Waals surface area (Å²) in [4.78, 5) is 12.2. The van der Waals surface area contributed by atoms with Gasteiger partial charge in [0.15, 0.2) is 6.54 Å². The number of quaternary nitrogens is 1. The molecule has 4 heteroatoms. The van der Waals surface area contributed by atoms with Crippen LogP contribution in [-0.2, 0) is 22.5 Å². The Morgan fingerprint density at radius 2 is 1.31 bits per heavy atom. The zero-order valence-electron chi connectivity index (χ0n) is 23.2. The highest BCUT2D eigenvalue weighted by Gasteiger charge is 2.21. The largest absolute Gasteiger partial charge is 0.494 e. The minimum atomic E-state index is -0.139. The number of hydrogen-bond acceptors (Lipinski definition) is 3. The van der Waals surface area contributed by atoms with Crippen molar-refractivity contribution in [1.29, 1.82) is 0 Å². The topological polar surface area (TPSA) is 35.5 Å². The minimum Gasteiger partial charge on any atom is -0.494 e. The fourth-order valence-corrected chi connectivity index (χ4v) is 4.50. The molecule has 2 rings (SSSR count). The molecule has 36 heavy (non-hydrogen) atoms. The number of carbonyl (C=O) groups is 1. The molecular formula is C32H50NO3+. The van der Waals surface area contributed by atoms with Crippen LogP contribution in [0.2, 0.25) is 0 Å². The van der Waals surface area contributed by atoms with Crippen LogP contribution in [0.4, 0.5) is 0 Å². The van der Waals surface area contributed by atoms with E-state index in [4.69, 9.17) is 9.47 Å². The summed E-state index contributed by atoms with van der Waals surface area (Å²) in [6, 6.07) is 18.8. The molecule has 200 valence electrons. The molecule has 4 nitrogen and oxygen atoms in total. The first-order valence-corrected chi connectivity index (χ1v) is 14.2. The first-order valence-electron chi connectivity index (χ1n) is 14.2. The van der Waals surface area contributed by atoms with Gasteiger partial charge in [-0.3, -0.25) is 0 Å². The molecule has 0 bridgehead atoms. The van der Waals surface area contributed by atoms with Gasteiger partial charge in [0.1, 0.15) is 12.3 Å². The van der Waals surface area contributed by atoms with Crippen molar-refractivity contribution in [3.63, 3.8) is 0 Å². The van der Waals surface area contributed by atoms with E-state index < -0.39 is 0 Å². The molecule has 0 saturated carbocycles. The van der Waals surface area contributed by atoms with E-state index in [1.165, 1.54) is 68.9 Å². The molecular weight excluding hydrogens is 446 g/mol. The van der Waals surface area contributed by atoms with E-state index in [0.29, 0.717) is 24.2 Å². The van der Waals surface area contributed by atoms with Crippen LogP contribution < -0.4 is 4.74 Å². The highest BCUT2D eigenvalue weighted by molar-refractivity contribution is 5.70. The molecule has 0 aromatic heterocycles. The standard InChI is InChI=1S/C32H50NO3/c1-4-5-6-7-8-9-10-11-13-18-29-21-23-31(24-22-29)35-25-16-17-26-36-32(34)28-33(2,3)27-30-19-14-12-15-20-30/h12,14-15,19-24H,4-11,13,16-18,25-28H2,1-3H3/q+1. The van der Waals surface area contributed by atoms with E-state index in [9.17, 15) is 4.79 Å². The number of benzene rings is 2. The first kappa shape index (κ1) is 29.9. The molecule has 0 heterocycles. The molecule has 0 spiro atoms. The summed E-state index contributed by atoms with van der Waals surface area (Å²) in [5.41, 5.74) is 2.62. The average Bonchev–Trinajstić information content (AvgIpc) is 2.86. The third-order valence-electron chi connectivity index (χ3n) is 6.57. The van der Waals surface area contributed by atoms with Gasteiger partial charge in [-0.15, -0.1) is 0 Å². The van der Waals surface area contributed by atoms with Gasteiger partial charge in [-0.05, 0) is 43.4 Å². The van der Waals surface area contributed by atoms with E-state index in [2.05, 4.69) is 57.4 Å². The van der Waals surface area contributed by atoms with E-state index in [1.54, 1.807) is 0 Å². The Morgan fingerprint density at radius 1 is 0.694 bits per heavy atom. The van der Waals surface area contributed by atoms with Crippen LogP contribution in [0.25, 0.3) is 0 Å². The van der Waals surface area contributed by atoms with Gasteiger partial charge in [-0.1, -0.05) is 101 Å². The van der Waals surface area contributed by atoms with Gasteiger partial charge in [0.25, 0.3) is 0 Å². The van der Waals surface area contributed by atoms with Gasteiger partial charge in [-0.25, -0.2) is 4.79 Å². The third kappa shape index (κ3) is 14.3. The number of unbranched alkanes of at least 4 members (excludes halogenated alkanes) is 9. The smallest absolute Gasteiger partial charge is 0.361 e. The summed E-state index contributed by atoms with van der Waals surface area (Å²) in [7, 11) is 4.12. The molecule has 0 unspecified atom stereocenters. The number of likely N-dealkylation sites (N-methyl/N-ethyl adjacent to an activating group) is 1. The maximum absolute atomic E-state index is 12.2. The van der Waals surface area contributed by atoms with Gasteiger partial charge in [-0.2, -0.15) is 0 Å². The Hall–Kier alpha value is -2.33. The number of esters is 1. The van der Waals surface area contributed by atoms with Crippen molar-refractivity contribution in [1.82, 2.24) is 0 Å². The van der Waals surface area contributed by atoms with Crippen LogP contribution in [0.1, 0.15) is 88.7 Å². The van der Waals surface area contributed by atoms with Crippen LogP contribution in [0.15, 0.2) is 54.6 Å². The summed E-state index contributed by atoms with van der Waals surface area (Å²) < 4.78 is 11.9. The molecule has 0 aliphatic heterocycles. The molecule has 0 aliphatic carbocycles.